The summed E-state index contributed by atoms with van der Waals surface area (Å²) in [6.45, 7) is 0. The van der Waals surface area contributed by atoms with Gasteiger partial charge in [-0.3, -0.25) is 9.59 Å². The van der Waals surface area contributed by atoms with Crippen molar-refractivity contribution in [3.63, 3.8) is 0 Å². The molecule has 0 aliphatic carbocycles. The minimum atomic E-state index is -1.29. The van der Waals surface area contributed by atoms with E-state index in [9.17, 15) is 9.59 Å². The number of carboxylic acids is 2. The molecule has 0 aliphatic rings. The van der Waals surface area contributed by atoms with Gasteiger partial charge in [-0.2, -0.15) is 0 Å². The summed E-state index contributed by atoms with van der Waals surface area (Å²) < 4.78 is 0. The van der Waals surface area contributed by atoms with Crippen molar-refractivity contribution in [1.29, 1.82) is 0 Å². The van der Waals surface area contributed by atoms with Gasteiger partial charge in [-0.05, 0) is 0 Å². The second-order valence-electron chi connectivity index (χ2n) is 1.54. The molecule has 0 aromatic heterocycles. The van der Waals surface area contributed by atoms with Gasteiger partial charge in [0.1, 0.15) is 6.04 Å². The van der Waals surface area contributed by atoms with Gasteiger partial charge in [0.05, 0.1) is 6.42 Å². The third-order valence-electron chi connectivity index (χ3n) is 0.712. The maximum absolute atomic E-state index is 9.85. The zero-order chi connectivity index (χ0) is 7.44. The van der Waals surface area contributed by atoms with Gasteiger partial charge in [-0.25, -0.2) is 0 Å². The zero-order valence-corrected chi connectivity index (χ0v) is 8.70. The Bertz CT molecular complexity index is 137. The van der Waals surface area contributed by atoms with E-state index in [4.69, 9.17) is 15.9 Å². The quantitative estimate of drug-likeness (QED) is 0.449. The Hall–Kier alpha value is 0.536. The van der Waals surface area contributed by atoms with Crippen molar-refractivity contribution in [2.24, 2.45) is 5.73 Å². The Balaban J connectivity index is 0. The van der Waals surface area contributed by atoms with Gasteiger partial charge >= 0.3 is 11.9 Å². The first-order valence-electron chi connectivity index (χ1n) is 2.24. The summed E-state index contributed by atoms with van der Waals surface area (Å²) in [7, 11) is 0. The number of carboxylic acid groups (broad SMARTS) is 2. The Morgan fingerprint density at radius 1 is 1.40 bits per heavy atom. The molecule has 10 heavy (non-hydrogen) atoms. The summed E-state index contributed by atoms with van der Waals surface area (Å²) in [5, 5.41) is 16.0. The molecule has 0 amide bonds. The molecule has 53 valence electrons. The number of hydrogen-bond acceptors (Lipinski definition) is 3. The minimum Gasteiger partial charge on any atom is -0.481 e. The van der Waals surface area contributed by atoms with E-state index in [-0.39, 0.29) is 51.4 Å². The molecule has 0 saturated carbocycles. The third kappa shape index (κ3) is 6.65. The van der Waals surface area contributed by atoms with E-state index < -0.39 is 24.4 Å². The standard InChI is InChI=1S/C4H7NO4.K/c5-2(4(8)9)1-3(6)7;/h2H,1,5H2,(H,6,7)(H,8,9);. The molecule has 1 radical (unpaired) electrons. The van der Waals surface area contributed by atoms with Crippen LogP contribution in [0, 0.1) is 0 Å². The number of aliphatic carboxylic acids is 2. The van der Waals surface area contributed by atoms with Crippen LogP contribution >= 0.6 is 0 Å². The van der Waals surface area contributed by atoms with Gasteiger partial charge in [0.25, 0.3) is 0 Å². The number of rotatable bonds is 3. The first kappa shape index (κ1) is 13.1. The summed E-state index contributed by atoms with van der Waals surface area (Å²) in [5.74, 6) is -2.50. The van der Waals surface area contributed by atoms with E-state index >= 15 is 0 Å². The van der Waals surface area contributed by atoms with Crippen LogP contribution in [0.15, 0.2) is 0 Å². The molecule has 0 saturated heterocycles. The molecule has 0 aliphatic heterocycles. The fourth-order valence-electron chi connectivity index (χ4n) is 0.275. The van der Waals surface area contributed by atoms with Gasteiger partial charge in [-0.1, -0.05) is 0 Å². The molecule has 0 spiro atoms. The van der Waals surface area contributed by atoms with E-state index in [0.717, 1.165) is 0 Å². The van der Waals surface area contributed by atoms with Gasteiger partial charge in [0, 0.05) is 51.4 Å². The van der Waals surface area contributed by atoms with Crippen molar-refractivity contribution in [3.05, 3.63) is 0 Å². The average molecular weight is 172 g/mol. The van der Waals surface area contributed by atoms with E-state index in [1.54, 1.807) is 0 Å². The second kappa shape index (κ2) is 6.26. The molecule has 0 heterocycles. The summed E-state index contributed by atoms with van der Waals surface area (Å²) in [6, 6.07) is -1.29. The van der Waals surface area contributed by atoms with Gasteiger partial charge < -0.3 is 15.9 Å². The fraction of sp³-hybridized carbons (Fsp3) is 0.500. The predicted molar refractivity (Wildman–Crippen MR) is 33.6 cm³/mol. The van der Waals surface area contributed by atoms with E-state index in [2.05, 4.69) is 0 Å². The zero-order valence-electron chi connectivity index (χ0n) is 5.57. The van der Waals surface area contributed by atoms with Crippen molar-refractivity contribution in [1.82, 2.24) is 0 Å². The van der Waals surface area contributed by atoms with Gasteiger partial charge in [0.2, 0.25) is 0 Å². The van der Waals surface area contributed by atoms with Crippen molar-refractivity contribution < 1.29 is 19.8 Å². The molecule has 5 nitrogen and oxygen atoms in total. The normalized spacial score (nSPS) is 11.3. The van der Waals surface area contributed by atoms with Crippen LogP contribution in [0.25, 0.3) is 0 Å². The monoisotopic (exact) mass is 172 g/mol. The number of hydrogen-bond donors (Lipinski definition) is 3. The molecule has 0 fully saturated rings. The van der Waals surface area contributed by atoms with Crippen LogP contribution in [-0.4, -0.2) is 79.6 Å². The predicted octanol–water partition coefficient (Wildman–Crippen LogP) is -1.51. The van der Waals surface area contributed by atoms with Crippen molar-refractivity contribution >= 4 is 63.3 Å². The Morgan fingerprint density at radius 2 is 1.80 bits per heavy atom. The van der Waals surface area contributed by atoms with Gasteiger partial charge in [0.15, 0.2) is 0 Å². The molecule has 0 aromatic rings. The topological polar surface area (TPSA) is 101 Å². The Morgan fingerprint density at radius 3 is 1.90 bits per heavy atom. The third-order valence-corrected chi connectivity index (χ3v) is 0.712. The average Bonchev–Trinajstić information content (AvgIpc) is 1.63. The maximum Gasteiger partial charge on any atom is 0.321 e. The van der Waals surface area contributed by atoms with E-state index in [0.29, 0.717) is 0 Å². The first-order valence-corrected chi connectivity index (χ1v) is 2.24. The van der Waals surface area contributed by atoms with Crippen LogP contribution < -0.4 is 5.73 Å². The van der Waals surface area contributed by atoms with Crippen LogP contribution in [0.4, 0.5) is 0 Å². The molecular weight excluding hydrogens is 165 g/mol. The van der Waals surface area contributed by atoms with Crippen LogP contribution in [0.5, 0.6) is 0 Å². The smallest absolute Gasteiger partial charge is 0.321 e. The molecule has 4 N–H and O–H groups in total. The minimum absolute atomic E-state index is 0. The van der Waals surface area contributed by atoms with Crippen LogP contribution in [0.2, 0.25) is 0 Å². The summed E-state index contributed by atoms with van der Waals surface area (Å²) in [5.41, 5.74) is 4.84. The fourth-order valence-corrected chi connectivity index (χ4v) is 0.275. The summed E-state index contributed by atoms with van der Waals surface area (Å²) >= 11 is 0. The molecule has 1 atom stereocenters. The first-order chi connectivity index (χ1) is 4.04. The molecule has 1 unspecified atom stereocenters. The van der Waals surface area contributed by atoms with Crippen molar-refractivity contribution in [3.8, 4) is 0 Å². The Labute approximate surface area is 100 Å². The largest absolute Gasteiger partial charge is 0.481 e. The van der Waals surface area contributed by atoms with Gasteiger partial charge in [-0.15, -0.1) is 0 Å². The molecular formula is C4H7KNO4. The van der Waals surface area contributed by atoms with Crippen molar-refractivity contribution in [2.45, 2.75) is 12.5 Å². The summed E-state index contributed by atoms with van der Waals surface area (Å²) in [6.07, 6.45) is -0.532. The molecule has 0 rings (SSSR count). The second-order valence-corrected chi connectivity index (χ2v) is 1.54. The maximum atomic E-state index is 9.85. The SMILES string of the molecule is NC(CC(=O)O)C(=O)O.[K]. The van der Waals surface area contributed by atoms with Crippen LogP contribution in [-0.2, 0) is 9.59 Å². The number of nitrogens with two attached hydrogens (primary N) is 1. The van der Waals surface area contributed by atoms with Crippen molar-refractivity contribution in [2.75, 3.05) is 0 Å². The molecule has 6 heteroatoms. The Kier molecular flexibility index (Phi) is 8.23. The van der Waals surface area contributed by atoms with Crippen LogP contribution in [0.1, 0.15) is 6.42 Å². The molecule has 0 aromatic carbocycles. The van der Waals surface area contributed by atoms with E-state index in [1.807, 2.05) is 0 Å². The summed E-state index contributed by atoms with van der Waals surface area (Å²) in [4.78, 5) is 19.6. The molecule has 0 bridgehead atoms. The number of carbonyl (C=O) groups is 2. The van der Waals surface area contributed by atoms with E-state index in [1.165, 1.54) is 0 Å². The van der Waals surface area contributed by atoms with Crippen LogP contribution in [0.3, 0.4) is 0 Å².